The molecule has 21 nitrogen and oxygen atoms in total. The highest BCUT2D eigenvalue weighted by atomic mass is 16.8. The molecule has 2 bridgehead atoms. The van der Waals surface area contributed by atoms with E-state index >= 15 is 4.79 Å². The van der Waals surface area contributed by atoms with E-state index in [0.29, 0.717) is 19.3 Å². The Morgan fingerprint density at radius 3 is 1.93 bits per heavy atom. The highest BCUT2D eigenvalue weighted by Gasteiger charge is 2.64. The van der Waals surface area contributed by atoms with Gasteiger partial charge in [0.1, 0.15) is 29.6 Å². The van der Waals surface area contributed by atoms with Crippen molar-refractivity contribution in [3.05, 3.63) is 58.9 Å². The number of fused-ring (bicyclic) bond motifs is 4. The summed E-state index contributed by atoms with van der Waals surface area (Å²) in [6.07, 6.45) is 1.51. The number of carbonyl (C=O) groups excluding carboxylic acids is 3. The molecular weight excluding hydrogens is 1150 g/mol. The second-order valence-corrected chi connectivity index (χ2v) is 28.7. The minimum Gasteiger partial charge on any atom is -0.511 e. The summed E-state index contributed by atoms with van der Waals surface area (Å²) in [6, 6.07) is -0.685. The van der Waals surface area contributed by atoms with Gasteiger partial charge in [-0.25, -0.2) is 4.79 Å². The normalized spacial score (nSPS) is 51.6. The van der Waals surface area contributed by atoms with E-state index in [0.717, 1.165) is 24.0 Å². The molecule has 10 rings (SSSR count). The predicted molar refractivity (Wildman–Crippen MR) is 322 cm³/mol. The van der Waals surface area contributed by atoms with E-state index in [9.17, 15) is 40.2 Å². The summed E-state index contributed by atoms with van der Waals surface area (Å²) >= 11 is 0. The Balaban J connectivity index is 0.918. The molecule has 0 radical (unpaired) electrons. The maximum Gasteiger partial charge on any atom is 0.346 e. The molecule has 0 aromatic carbocycles. The van der Waals surface area contributed by atoms with Crippen molar-refractivity contribution < 1.29 is 97.1 Å². The molecule has 6 saturated heterocycles. The maximum atomic E-state index is 15.7. The van der Waals surface area contributed by atoms with Crippen LogP contribution in [0.4, 0.5) is 0 Å². The number of aliphatic hydroxyl groups excluding tert-OH is 5. The topological polar surface area (TPSA) is 286 Å². The Morgan fingerprint density at radius 2 is 1.28 bits per heavy atom. The lowest BCUT2D eigenvalue weighted by atomic mass is 9.49. The van der Waals surface area contributed by atoms with Crippen LogP contribution in [0, 0.1) is 52.8 Å². The second-order valence-electron chi connectivity index (χ2n) is 28.7. The van der Waals surface area contributed by atoms with E-state index in [2.05, 4.69) is 57.3 Å². The number of ketones is 1. The summed E-state index contributed by atoms with van der Waals surface area (Å²) in [7, 11) is 0. The first-order valence-corrected chi connectivity index (χ1v) is 33.2. The van der Waals surface area contributed by atoms with Gasteiger partial charge in [0.25, 0.3) is 0 Å². The van der Waals surface area contributed by atoms with E-state index < -0.39 is 169 Å². The number of nitrogens with one attached hydrogen (secondary N) is 1. The van der Waals surface area contributed by atoms with Gasteiger partial charge in [-0.1, -0.05) is 83.1 Å². The maximum absolute atomic E-state index is 15.7. The molecule has 7 N–H and O–H groups in total. The lowest BCUT2D eigenvalue weighted by Gasteiger charge is -2.57. The van der Waals surface area contributed by atoms with Crippen molar-refractivity contribution in [2.75, 3.05) is 0 Å². The number of carbonyl (C=O) groups is 3. The SMILES string of the molecule is CCCC1C=CC2/C=C(\C)C(OC3CC(C)(O)C(NC(C)=O)C(C)O3)C(C)/C=C(\C)C3C=CC4C(OC5CC(O)C(OC6CC(OC7CCC(O)C(C)O7)C(OC7CC(O)C(O)C(C)O7)C(C)O6)C(C)O5)C(C)CC(C)C4C3(C)/C(O)=C3\C(=O)OC2(C1)C3=O. The van der Waals surface area contributed by atoms with Gasteiger partial charge < -0.3 is 88.1 Å². The number of esters is 1. The van der Waals surface area contributed by atoms with Crippen LogP contribution >= 0.6 is 0 Å². The average molecular weight is 1250 g/mol. The van der Waals surface area contributed by atoms with Crippen LogP contribution in [-0.4, -0.2) is 182 Å². The van der Waals surface area contributed by atoms with Crippen LogP contribution < -0.4 is 5.32 Å². The van der Waals surface area contributed by atoms with Crippen molar-refractivity contribution in [2.45, 2.75) is 295 Å². The summed E-state index contributed by atoms with van der Waals surface area (Å²) in [5, 5.41) is 71.5. The number of amides is 1. The molecule has 89 heavy (non-hydrogen) atoms. The van der Waals surface area contributed by atoms with E-state index in [-0.39, 0.29) is 78.9 Å². The largest absolute Gasteiger partial charge is 0.511 e. The molecule has 6 aliphatic heterocycles. The quantitative estimate of drug-likeness (QED) is 0.0556. The Bertz CT molecular complexity index is 2690. The molecule has 500 valence electrons. The summed E-state index contributed by atoms with van der Waals surface area (Å²) in [4.78, 5) is 42.8. The highest BCUT2D eigenvalue weighted by molar-refractivity contribution is 6.26. The molecule has 1 spiro atoms. The minimum absolute atomic E-state index is 0.0322. The Hall–Kier alpha value is -3.49. The Labute approximate surface area is 525 Å². The summed E-state index contributed by atoms with van der Waals surface area (Å²) in [6.45, 7) is 26.3. The fourth-order valence-electron chi connectivity index (χ4n) is 17.3. The number of Topliss-reactive ketones (excluding diaryl/α,β-unsaturated/α-hetero) is 1. The van der Waals surface area contributed by atoms with Crippen molar-refractivity contribution in [1.82, 2.24) is 5.32 Å². The van der Waals surface area contributed by atoms with Crippen molar-refractivity contribution in [2.24, 2.45) is 52.8 Å². The van der Waals surface area contributed by atoms with Crippen molar-refractivity contribution in [1.29, 1.82) is 0 Å². The molecular formula is C68H103NO20. The molecule has 7 fully saturated rings. The van der Waals surface area contributed by atoms with E-state index in [1.165, 1.54) is 6.92 Å². The Morgan fingerprint density at radius 1 is 0.652 bits per heavy atom. The van der Waals surface area contributed by atoms with Crippen LogP contribution in [0.3, 0.4) is 0 Å². The van der Waals surface area contributed by atoms with Crippen molar-refractivity contribution >= 4 is 17.7 Å². The molecule has 10 aliphatic rings. The van der Waals surface area contributed by atoms with E-state index in [1.54, 1.807) is 27.7 Å². The molecule has 21 heteroatoms. The second kappa shape index (κ2) is 27.1. The zero-order valence-electron chi connectivity index (χ0n) is 54.6. The minimum atomic E-state index is -1.65. The van der Waals surface area contributed by atoms with Gasteiger partial charge in [-0.15, -0.1) is 0 Å². The van der Waals surface area contributed by atoms with Gasteiger partial charge in [0, 0.05) is 74.5 Å². The van der Waals surface area contributed by atoms with Crippen LogP contribution in [0.1, 0.15) is 161 Å². The van der Waals surface area contributed by atoms with Crippen LogP contribution in [0.15, 0.2) is 58.9 Å². The highest BCUT2D eigenvalue weighted by Crippen LogP contribution is 2.61. The van der Waals surface area contributed by atoms with Gasteiger partial charge in [0.2, 0.25) is 11.7 Å². The fourth-order valence-corrected chi connectivity index (χ4v) is 17.3. The lowest BCUT2D eigenvalue weighted by molar-refractivity contribution is -0.352. The Kier molecular flexibility index (Phi) is 20.8. The van der Waals surface area contributed by atoms with Crippen LogP contribution in [-0.2, 0) is 66.5 Å². The van der Waals surface area contributed by atoms with Gasteiger partial charge in [0.05, 0.1) is 78.8 Å². The summed E-state index contributed by atoms with van der Waals surface area (Å²) in [5.41, 5.74) is -3.01. The van der Waals surface area contributed by atoms with Crippen LogP contribution in [0.2, 0.25) is 0 Å². The molecule has 0 aromatic rings. The van der Waals surface area contributed by atoms with Gasteiger partial charge in [0.15, 0.2) is 37.1 Å². The van der Waals surface area contributed by atoms with Gasteiger partial charge in [-0.2, -0.15) is 0 Å². The number of hydrogen-bond donors (Lipinski definition) is 7. The summed E-state index contributed by atoms with van der Waals surface area (Å²) < 4.78 is 71.9. The summed E-state index contributed by atoms with van der Waals surface area (Å²) in [5.74, 6) is -4.57. The van der Waals surface area contributed by atoms with E-state index in [4.69, 9.17) is 52.1 Å². The molecule has 1 amide bonds. The number of hydrogen-bond acceptors (Lipinski definition) is 20. The van der Waals surface area contributed by atoms with Crippen molar-refractivity contribution in [3.8, 4) is 0 Å². The van der Waals surface area contributed by atoms with Crippen LogP contribution in [0.25, 0.3) is 0 Å². The fraction of sp³-hybridized carbons (Fsp3) is 0.809. The number of allylic oxidation sites excluding steroid dienone is 4. The standard InChI is InChI=1S/C68H103NO20/c1-15-16-42-17-18-43-25-35(6)58(88-54-30-66(13,78)62(40(11)83-54)69-41(12)70)33(4)23-31(2)45-20-19-44-56(67(45,14)63(75)55-64(76)68(43,29-42)89-65(55)77)32(3)24-34(5)59(44)85-52-27-48(73)60(38(9)81-52)86-53-28-49(84-50-22-21-46(71)36(7)79-50)61(39(10)82-53)87-51-26-47(72)57(74)37(8)80-51/h17-20,23,25,32-34,36-40,42-54,56-62,71-75,78H,15-16,21-22,24,26-30H2,1-14H3,(H,69,70)/b31-23+,35-25+,63-55+. The molecule has 4 aliphatic carbocycles. The smallest absolute Gasteiger partial charge is 0.346 e. The molecule has 31 atom stereocenters. The first-order valence-electron chi connectivity index (χ1n) is 33.2. The average Bonchev–Trinajstić information content (AvgIpc) is 1.70. The van der Waals surface area contributed by atoms with E-state index in [1.807, 2.05) is 46.8 Å². The number of rotatable bonds is 13. The lowest BCUT2D eigenvalue weighted by Crippen LogP contribution is -2.62. The monoisotopic (exact) mass is 1250 g/mol. The molecule has 0 aromatic heterocycles. The first-order chi connectivity index (χ1) is 41.9. The molecule has 31 unspecified atom stereocenters. The molecule has 6 heterocycles. The zero-order chi connectivity index (χ0) is 64.5. The molecule has 1 saturated carbocycles. The first kappa shape index (κ1) is 68.4. The third kappa shape index (κ3) is 13.6. The number of aliphatic hydroxyl groups is 6. The van der Waals surface area contributed by atoms with Gasteiger partial charge >= 0.3 is 5.97 Å². The van der Waals surface area contributed by atoms with Crippen LogP contribution in [0.5, 0.6) is 0 Å². The number of ether oxygens (including phenoxy) is 11. The van der Waals surface area contributed by atoms with Gasteiger partial charge in [-0.05, 0) is 104 Å². The predicted octanol–water partition coefficient (Wildman–Crippen LogP) is 6.99. The third-order valence-electron chi connectivity index (χ3n) is 21.7. The zero-order valence-corrected chi connectivity index (χ0v) is 54.6. The van der Waals surface area contributed by atoms with Gasteiger partial charge in [-0.3, -0.25) is 9.59 Å². The van der Waals surface area contributed by atoms with Crippen molar-refractivity contribution in [3.63, 3.8) is 0 Å². The third-order valence-corrected chi connectivity index (χ3v) is 21.7.